The van der Waals surface area contributed by atoms with Crippen molar-refractivity contribution in [3.05, 3.63) is 39.0 Å². The topological polar surface area (TPSA) is 43.8 Å². The first-order valence-corrected chi connectivity index (χ1v) is 8.22. The molecule has 0 saturated carbocycles. The molecule has 0 bridgehead atoms. The van der Waals surface area contributed by atoms with Crippen molar-refractivity contribution in [2.45, 2.75) is 26.4 Å². The number of halogens is 1. The number of hydrogen-bond donors (Lipinski definition) is 1. The van der Waals surface area contributed by atoms with E-state index in [9.17, 15) is 0 Å². The summed E-state index contributed by atoms with van der Waals surface area (Å²) in [4.78, 5) is 4.82. The number of aromatic nitrogens is 2. The zero-order valence-electron chi connectivity index (χ0n) is 11.4. The summed E-state index contributed by atoms with van der Waals surface area (Å²) in [5.74, 6) is 1.02. The van der Waals surface area contributed by atoms with Crippen LogP contribution in [0, 0.1) is 0 Å². The number of rotatable bonds is 3. The molecule has 3 rings (SSSR count). The third kappa shape index (κ3) is 2.30. The lowest BCUT2D eigenvalue weighted by atomic mass is 10.2. The number of thiophene rings is 1. The van der Waals surface area contributed by atoms with E-state index in [4.69, 9.17) is 10.7 Å². The maximum Gasteiger partial charge on any atom is 0.142 e. The molecule has 3 aromatic rings. The predicted molar refractivity (Wildman–Crippen MR) is 89.0 cm³/mol. The third-order valence-electron chi connectivity index (χ3n) is 3.33. The van der Waals surface area contributed by atoms with Crippen LogP contribution in [-0.4, -0.2) is 9.55 Å². The van der Waals surface area contributed by atoms with Crippen molar-refractivity contribution >= 4 is 38.3 Å². The molecule has 1 aromatic carbocycles. The first-order valence-electron chi connectivity index (χ1n) is 6.55. The number of nitrogens with two attached hydrogens (primary N) is 1. The van der Waals surface area contributed by atoms with E-state index in [1.807, 2.05) is 0 Å². The molecule has 0 aliphatic rings. The SMILES string of the molecule is CC(C)n1c(-c2csc(Br)c2)nc2cc(CN)ccc21. The molecule has 0 unspecified atom stereocenters. The standard InChI is InChI=1S/C15H16BrN3S/c1-9(2)19-13-4-3-10(7-17)5-12(13)18-15(19)11-6-14(16)20-8-11/h3-6,8-9H,7,17H2,1-2H3. The Morgan fingerprint density at radius 2 is 2.15 bits per heavy atom. The summed E-state index contributed by atoms with van der Waals surface area (Å²) >= 11 is 5.20. The van der Waals surface area contributed by atoms with Gasteiger partial charge in [0.15, 0.2) is 0 Å². The van der Waals surface area contributed by atoms with E-state index in [2.05, 4.69) is 64.0 Å². The molecule has 0 aliphatic heterocycles. The van der Waals surface area contributed by atoms with Gasteiger partial charge in [-0.1, -0.05) is 6.07 Å². The fourth-order valence-corrected chi connectivity index (χ4v) is 3.56. The van der Waals surface area contributed by atoms with Gasteiger partial charge in [-0.2, -0.15) is 0 Å². The lowest BCUT2D eigenvalue weighted by Crippen LogP contribution is -2.02. The molecular formula is C15H16BrN3S. The molecule has 0 atom stereocenters. The minimum absolute atomic E-state index is 0.359. The Hall–Kier alpha value is -1.17. The molecule has 2 heterocycles. The Morgan fingerprint density at radius 3 is 2.75 bits per heavy atom. The molecule has 0 radical (unpaired) electrons. The van der Waals surface area contributed by atoms with E-state index in [0.29, 0.717) is 12.6 Å². The molecule has 5 heteroatoms. The van der Waals surface area contributed by atoms with Crippen LogP contribution in [0.2, 0.25) is 0 Å². The van der Waals surface area contributed by atoms with E-state index in [1.165, 1.54) is 0 Å². The van der Waals surface area contributed by atoms with Crippen molar-refractivity contribution in [1.82, 2.24) is 9.55 Å². The summed E-state index contributed by atoms with van der Waals surface area (Å²) in [5, 5.41) is 2.13. The van der Waals surface area contributed by atoms with E-state index in [-0.39, 0.29) is 0 Å². The van der Waals surface area contributed by atoms with Gasteiger partial charge in [0.1, 0.15) is 5.82 Å². The minimum Gasteiger partial charge on any atom is -0.326 e. The fourth-order valence-electron chi connectivity index (χ4n) is 2.43. The summed E-state index contributed by atoms with van der Waals surface area (Å²) in [6.45, 7) is 4.91. The number of hydrogen-bond acceptors (Lipinski definition) is 3. The Balaban J connectivity index is 2.27. The molecule has 0 amide bonds. The summed E-state index contributed by atoms with van der Waals surface area (Å²) in [6.07, 6.45) is 0. The van der Waals surface area contributed by atoms with Crippen LogP contribution in [0.1, 0.15) is 25.5 Å². The van der Waals surface area contributed by atoms with Gasteiger partial charge in [-0.05, 0) is 53.5 Å². The second-order valence-corrected chi connectivity index (χ2v) is 7.36. The van der Waals surface area contributed by atoms with Crippen molar-refractivity contribution in [3.8, 4) is 11.4 Å². The van der Waals surface area contributed by atoms with E-state index >= 15 is 0 Å². The highest BCUT2D eigenvalue weighted by atomic mass is 79.9. The monoisotopic (exact) mass is 349 g/mol. The molecule has 0 spiro atoms. The summed E-state index contributed by atoms with van der Waals surface area (Å²) in [6, 6.07) is 8.76. The molecule has 3 nitrogen and oxygen atoms in total. The van der Waals surface area contributed by atoms with E-state index in [0.717, 1.165) is 31.8 Å². The first-order chi connectivity index (χ1) is 9.60. The maximum absolute atomic E-state index is 5.72. The van der Waals surface area contributed by atoms with Crippen LogP contribution in [0.3, 0.4) is 0 Å². The molecule has 104 valence electrons. The summed E-state index contributed by atoms with van der Waals surface area (Å²) in [5.41, 5.74) is 10.2. The largest absolute Gasteiger partial charge is 0.326 e. The van der Waals surface area contributed by atoms with Crippen LogP contribution in [-0.2, 0) is 6.54 Å². The highest BCUT2D eigenvalue weighted by Crippen LogP contribution is 2.33. The van der Waals surface area contributed by atoms with Gasteiger partial charge < -0.3 is 10.3 Å². The van der Waals surface area contributed by atoms with Gasteiger partial charge in [0.2, 0.25) is 0 Å². The van der Waals surface area contributed by atoms with Crippen LogP contribution in [0.15, 0.2) is 33.4 Å². The zero-order valence-corrected chi connectivity index (χ0v) is 13.8. The second-order valence-electron chi connectivity index (χ2n) is 5.07. The first kappa shape index (κ1) is 13.8. The van der Waals surface area contributed by atoms with Crippen LogP contribution >= 0.6 is 27.3 Å². The fraction of sp³-hybridized carbons (Fsp3) is 0.267. The normalized spacial score (nSPS) is 11.7. The van der Waals surface area contributed by atoms with Crippen LogP contribution in [0.25, 0.3) is 22.4 Å². The number of fused-ring (bicyclic) bond motifs is 1. The van der Waals surface area contributed by atoms with Gasteiger partial charge in [0.25, 0.3) is 0 Å². The van der Waals surface area contributed by atoms with E-state index < -0.39 is 0 Å². The molecular weight excluding hydrogens is 334 g/mol. The van der Waals surface area contributed by atoms with Crippen molar-refractivity contribution < 1.29 is 0 Å². The van der Waals surface area contributed by atoms with Crippen LogP contribution in [0.5, 0.6) is 0 Å². The Kier molecular flexibility index (Phi) is 3.67. The van der Waals surface area contributed by atoms with Gasteiger partial charge in [-0.25, -0.2) is 4.98 Å². The van der Waals surface area contributed by atoms with Crippen LogP contribution < -0.4 is 5.73 Å². The smallest absolute Gasteiger partial charge is 0.142 e. The Labute approximate surface area is 130 Å². The maximum atomic E-state index is 5.72. The lowest BCUT2D eigenvalue weighted by Gasteiger charge is -2.12. The minimum atomic E-state index is 0.359. The van der Waals surface area contributed by atoms with Crippen molar-refractivity contribution in [1.29, 1.82) is 0 Å². The average molecular weight is 350 g/mol. The second kappa shape index (κ2) is 5.31. The van der Waals surface area contributed by atoms with Crippen molar-refractivity contribution in [2.24, 2.45) is 5.73 Å². The Bertz CT molecular complexity index is 758. The zero-order chi connectivity index (χ0) is 14.3. The summed E-state index contributed by atoms with van der Waals surface area (Å²) < 4.78 is 3.40. The highest BCUT2D eigenvalue weighted by molar-refractivity contribution is 9.11. The predicted octanol–water partition coefficient (Wildman–Crippen LogP) is 4.57. The lowest BCUT2D eigenvalue weighted by molar-refractivity contribution is 0.624. The van der Waals surface area contributed by atoms with Crippen molar-refractivity contribution in [2.75, 3.05) is 0 Å². The van der Waals surface area contributed by atoms with Gasteiger partial charge in [-0.15, -0.1) is 11.3 Å². The molecule has 0 fully saturated rings. The number of nitrogens with zero attached hydrogens (tertiary/aromatic N) is 2. The third-order valence-corrected chi connectivity index (χ3v) is 4.84. The van der Waals surface area contributed by atoms with Crippen LogP contribution in [0.4, 0.5) is 0 Å². The number of benzene rings is 1. The average Bonchev–Trinajstić information content (AvgIpc) is 3.00. The van der Waals surface area contributed by atoms with Gasteiger partial charge in [0.05, 0.1) is 14.8 Å². The van der Waals surface area contributed by atoms with Gasteiger partial charge >= 0.3 is 0 Å². The highest BCUT2D eigenvalue weighted by Gasteiger charge is 2.16. The molecule has 0 saturated heterocycles. The van der Waals surface area contributed by atoms with Gasteiger partial charge in [-0.3, -0.25) is 0 Å². The van der Waals surface area contributed by atoms with Gasteiger partial charge in [0, 0.05) is 23.5 Å². The summed E-state index contributed by atoms with van der Waals surface area (Å²) in [7, 11) is 0. The number of imidazole rings is 1. The van der Waals surface area contributed by atoms with Crippen molar-refractivity contribution in [3.63, 3.8) is 0 Å². The quantitative estimate of drug-likeness (QED) is 0.752. The molecule has 2 N–H and O–H groups in total. The molecule has 20 heavy (non-hydrogen) atoms. The Morgan fingerprint density at radius 1 is 1.35 bits per heavy atom. The van der Waals surface area contributed by atoms with E-state index in [1.54, 1.807) is 11.3 Å². The molecule has 2 aromatic heterocycles. The molecule has 0 aliphatic carbocycles.